The second-order valence-corrected chi connectivity index (χ2v) is 7.96. The number of thioether (sulfide) groups is 1. The van der Waals surface area contributed by atoms with Crippen LogP contribution in [0.15, 0.2) is 48.5 Å². The van der Waals surface area contributed by atoms with Crippen LogP contribution in [-0.4, -0.2) is 10.2 Å². The highest BCUT2D eigenvalue weighted by molar-refractivity contribution is 7.99. The molecular formula is C21H23NS. The third-order valence-electron chi connectivity index (χ3n) is 4.80. The van der Waals surface area contributed by atoms with Gasteiger partial charge in [0.05, 0.1) is 0 Å². The fourth-order valence-electron chi connectivity index (χ4n) is 3.57. The molecule has 1 N–H and O–H groups in total. The maximum absolute atomic E-state index is 3.40. The minimum atomic E-state index is 0.887. The highest BCUT2D eigenvalue weighted by Crippen LogP contribution is 2.32. The van der Waals surface area contributed by atoms with E-state index in [9.17, 15) is 0 Å². The molecule has 1 aromatic heterocycles. The molecule has 4 rings (SSSR count). The standard InChI is InChI=1S/C21H23NS/c1-15-11-19-13-18(9-10-21(19)22-15)17-6-4-5-16(12-17)14-23-20-7-2-3-8-20/h4-6,9-13,20,22H,2-3,7-8,14H2,1H3. The molecule has 1 fully saturated rings. The maximum Gasteiger partial charge on any atom is 0.0456 e. The molecule has 1 aliphatic rings. The first kappa shape index (κ1) is 14.9. The van der Waals surface area contributed by atoms with Gasteiger partial charge in [-0.3, -0.25) is 0 Å². The van der Waals surface area contributed by atoms with Crippen molar-refractivity contribution >= 4 is 22.7 Å². The number of hydrogen-bond acceptors (Lipinski definition) is 1. The number of H-pyrrole nitrogens is 1. The summed E-state index contributed by atoms with van der Waals surface area (Å²) in [6.45, 7) is 2.11. The molecule has 0 spiro atoms. The van der Waals surface area contributed by atoms with Gasteiger partial charge >= 0.3 is 0 Å². The molecule has 0 amide bonds. The number of nitrogens with one attached hydrogen (secondary N) is 1. The lowest BCUT2D eigenvalue weighted by Crippen LogP contribution is -1.94. The van der Waals surface area contributed by atoms with Gasteiger partial charge in [0.2, 0.25) is 0 Å². The predicted octanol–water partition coefficient (Wildman–Crippen LogP) is 6.32. The Bertz CT molecular complexity index is 812. The Labute approximate surface area is 142 Å². The number of aryl methyl sites for hydroxylation is 1. The second-order valence-electron chi connectivity index (χ2n) is 6.67. The Hall–Kier alpha value is -1.67. The lowest BCUT2D eigenvalue weighted by Gasteiger charge is -2.10. The van der Waals surface area contributed by atoms with Gasteiger partial charge in [-0.05, 0) is 54.7 Å². The molecule has 3 aromatic rings. The molecular weight excluding hydrogens is 298 g/mol. The van der Waals surface area contributed by atoms with Crippen molar-refractivity contribution in [1.29, 1.82) is 0 Å². The van der Waals surface area contributed by atoms with Crippen LogP contribution in [0.5, 0.6) is 0 Å². The van der Waals surface area contributed by atoms with E-state index in [0.29, 0.717) is 0 Å². The third-order valence-corrected chi connectivity index (χ3v) is 6.25. The molecule has 1 aliphatic carbocycles. The zero-order valence-corrected chi connectivity index (χ0v) is 14.5. The molecule has 2 aromatic carbocycles. The van der Waals surface area contributed by atoms with Gasteiger partial charge in [0.15, 0.2) is 0 Å². The van der Waals surface area contributed by atoms with Crippen LogP contribution in [0, 0.1) is 6.92 Å². The van der Waals surface area contributed by atoms with Gasteiger partial charge in [0, 0.05) is 27.6 Å². The summed E-state index contributed by atoms with van der Waals surface area (Å²) in [6, 6.07) is 18.0. The lowest BCUT2D eigenvalue weighted by molar-refractivity contribution is 0.886. The van der Waals surface area contributed by atoms with E-state index in [1.54, 1.807) is 0 Å². The molecule has 23 heavy (non-hydrogen) atoms. The van der Waals surface area contributed by atoms with Gasteiger partial charge in [0.25, 0.3) is 0 Å². The Morgan fingerprint density at radius 2 is 1.83 bits per heavy atom. The topological polar surface area (TPSA) is 15.8 Å². The lowest BCUT2D eigenvalue weighted by atomic mass is 10.0. The van der Waals surface area contributed by atoms with Crippen LogP contribution in [0.3, 0.4) is 0 Å². The van der Waals surface area contributed by atoms with Gasteiger partial charge in [-0.15, -0.1) is 0 Å². The maximum atomic E-state index is 3.40. The minimum absolute atomic E-state index is 0.887. The van der Waals surface area contributed by atoms with Crippen molar-refractivity contribution in [3.05, 3.63) is 59.8 Å². The molecule has 1 saturated carbocycles. The van der Waals surface area contributed by atoms with Gasteiger partial charge in [-0.1, -0.05) is 43.2 Å². The molecule has 1 nitrogen and oxygen atoms in total. The molecule has 0 radical (unpaired) electrons. The van der Waals surface area contributed by atoms with Gasteiger partial charge in [-0.25, -0.2) is 0 Å². The number of rotatable bonds is 4. The zero-order valence-electron chi connectivity index (χ0n) is 13.6. The highest BCUT2D eigenvalue weighted by atomic mass is 32.2. The van der Waals surface area contributed by atoms with Crippen molar-refractivity contribution in [1.82, 2.24) is 4.98 Å². The first-order valence-corrected chi connectivity index (χ1v) is 9.63. The normalized spacial score (nSPS) is 15.5. The quantitative estimate of drug-likeness (QED) is 0.594. The largest absolute Gasteiger partial charge is 0.359 e. The summed E-state index contributed by atoms with van der Waals surface area (Å²) in [4.78, 5) is 3.40. The predicted molar refractivity (Wildman–Crippen MR) is 102 cm³/mol. The Morgan fingerprint density at radius 1 is 1.00 bits per heavy atom. The molecule has 0 atom stereocenters. The first-order valence-electron chi connectivity index (χ1n) is 8.58. The summed E-state index contributed by atoms with van der Waals surface area (Å²) in [5, 5.41) is 2.18. The SMILES string of the molecule is Cc1cc2cc(-c3cccc(CSC4CCCC4)c3)ccc2[nH]1. The smallest absolute Gasteiger partial charge is 0.0456 e. The van der Waals surface area contributed by atoms with Gasteiger partial charge in [-0.2, -0.15) is 11.8 Å². The average Bonchev–Trinajstić information content (AvgIpc) is 3.20. The number of fused-ring (bicyclic) bond motifs is 1. The van der Waals surface area contributed by atoms with Crippen LogP contribution in [0.4, 0.5) is 0 Å². The van der Waals surface area contributed by atoms with E-state index in [1.807, 2.05) is 0 Å². The number of benzene rings is 2. The molecule has 0 unspecified atom stereocenters. The van der Waals surface area contributed by atoms with Crippen LogP contribution < -0.4 is 0 Å². The Balaban J connectivity index is 1.56. The monoisotopic (exact) mass is 321 g/mol. The zero-order chi connectivity index (χ0) is 15.6. The van der Waals surface area contributed by atoms with Gasteiger partial charge < -0.3 is 4.98 Å². The van der Waals surface area contributed by atoms with Crippen molar-refractivity contribution in [3.8, 4) is 11.1 Å². The second kappa shape index (κ2) is 6.45. The Morgan fingerprint density at radius 3 is 2.70 bits per heavy atom. The van der Waals surface area contributed by atoms with E-state index in [4.69, 9.17) is 0 Å². The highest BCUT2D eigenvalue weighted by Gasteiger charge is 2.15. The van der Waals surface area contributed by atoms with Crippen LogP contribution in [0.25, 0.3) is 22.0 Å². The first-order chi connectivity index (χ1) is 11.3. The summed E-state index contributed by atoms with van der Waals surface area (Å²) in [7, 11) is 0. The number of aromatic nitrogens is 1. The van der Waals surface area contributed by atoms with Crippen molar-refractivity contribution in [2.24, 2.45) is 0 Å². The van der Waals surface area contributed by atoms with Crippen LogP contribution >= 0.6 is 11.8 Å². The van der Waals surface area contributed by atoms with Crippen molar-refractivity contribution < 1.29 is 0 Å². The molecule has 0 bridgehead atoms. The van der Waals surface area contributed by atoms with Crippen molar-refractivity contribution in [3.63, 3.8) is 0 Å². The molecule has 0 saturated heterocycles. The summed E-state index contributed by atoms with van der Waals surface area (Å²) < 4.78 is 0. The average molecular weight is 321 g/mol. The summed E-state index contributed by atoms with van der Waals surface area (Å²) in [6.07, 6.45) is 5.67. The molecule has 118 valence electrons. The van der Waals surface area contributed by atoms with E-state index in [1.165, 1.54) is 59.0 Å². The van der Waals surface area contributed by atoms with E-state index in [0.717, 1.165) is 11.0 Å². The third kappa shape index (κ3) is 3.32. The van der Waals surface area contributed by atoms with Crippen molar-refractivity contribution in [2.45, 2.75) is 43.6 Å². The number of aromatic amines is 1. The summed E-state index contributed by atoms with van der Waals surface area (Å²) >= 11 is 2.14. The number of hydrogen-bond donors (Lipinski definition) is 1. The molecule has 0 aliphatic heterocycles. The summed E-state index contributed by atoms with van der Waals surface area (Å²) in [5.74, 6) is 1.14. The van der Waals surface area contributed by atoms with E-state index in [-0.39, 0.29) is 0 Å². The fraction of sp³-hybridized carbons (Fsp3) is 0.333. The van der Waals surface area contributed by atoms with Crippen LogP contribution in [0.1, 0.15) is 36.9 Å². The molecule has 2 heteroatoms. The van der Waals surface area contributed by atoms with Crippen LogP contribution in [0.2, 0.25) is 0 Å². The summed E-state index contributed by atoms with van der Waals surface area (Å²) in [5.41, 5.74) is 6.53. The van der Waals surface area contributed by atoms with E-state index in [2.05, 4.69) is 72.2 Å². The van der Waals surface area contributed by atoms with Crippen molar-refractivity contribution in [2.75, 3.05) is 0 Å². The Kier molecular flexibility index (Phi) is 4.17. The van der Waals surface area contributed by atoms with Crippen LogP contribution in [-0.2, 0) is 5.75 Å². The molecule has 1 heterocycles. The van der Waals surface area contributed by atoms with E-state index < -0.39 is 0 Å². The van der Waals surface area contributed by atoms with E-state index >= 15 is 0 Å². The van der Waals surface area contributed by atoms with Gasteiger partial charge in [0.1, 0.15) is 0 Å². The minimum Gasteiger partial charge on any atom is -0.359 e. The fourth-order valence-corrected chi connectivity index (χ4v) is 4.84.